The zero-order chi connectivity index (χ0) is 17.9. The summed E-state index contributed by atoms with van der Waals surface area (Å²) >= 11 is 0. The van der Waals surface area contributed by atoms with E-state index >= 15 is 0 Å². The van der Waals surface area contributed by atoms with Gasteiger partial charge in [-0.25, -0.2) is 0 Å². The smallest absolute Gasteiger partial charge is 0.251 e. The summed E-state index contributed by atoms with van der Waals surface area (Å²) in [5.41, 5.74) is 1.98. The lowest BCUT2D eigenvalue weighted by atomic mass is 9.89. The molecule has 26 heavy (non-hydrogen) atoms. The molecule has 3 fully saturated rings. The number of carbonyl (C=O) groups is 1. The van der Waals surface area contributed by atoms with Crippen molar-refractivity contribution in [3.8, 4) is 0 Å². The third-order valence-electron chi connectivity index (χ3n) is 6.48. The molecule has 4 heteroatoms. The molecule has 1 amide bonds. The highest BCUT2D eigenvalue weighted by molar-refractivity contribution is 5.94. The second-order valence-electron chi connectivity index (χ2n) is 8.62. The Bertz CT molecular complexity index is 594. The van der Waals surface area contributed by atoms with Gasteiger partial charge in [0.05, 0.1) is 0 Å². The number of aryl methyl sites for hydroxylation is 1. The molecule has 2 aliphatic carbocycles. The minimum atomic E-state index is 0.0853. The van der Waals surface area contributed by atoms with Gasteiger partial charge in [0.25, 0.3) is 5.91 Å². The first-order valence-electron chi connectivity index (χ1n) is 10.5. The van der Waals surface area contributed by atoms with Crippen molar-refractivity contribution in [2.75, 3.05) is 32.7 Å². The Morgan fingerprint density at radius 3 is 2.23 bits per heavy atom. The van der Waals surface area contributed by atoms with E-state index in [9.17, 15) is 4.79 Å². The van der Waals surface area contributed by atoms with E-state index in [1.807, 2.05) is 24.3 Å². The van der Waals surface area contributed by atoms with Gasteiger partial charge >= 0.3 is 0 Å². The van der Waals surface area contributed by atoms with Crippen molar-refractivity contribution in [1.29, 1.82) is 0 Å². The number of hydrogen-bond acceptors (Lipinski definition) is 3. The second kappa shape index (κ2) is 8.10. The molecule has 0 atom stereocenters. The molecule has 1 heterocycles. The maximum atomic E-state index is 12.4. The van der Waals surface area contributed by atoms with Crippen LogP contribution in [0.4, 0.5) is 0 Å². The van der Waals surface area contributed by atoms with Crippen molar-refractivity contribution in [2.45, 2.75) is 57.5 Å². The lowest BCUT2D eigenvalue weighted by Gasteiger charge is -2.42. The molecule has 0 bridgehead atoms. The Hall–Kier alpha value is -1.39. The second-order valence-corrected chi connectivity index (χ2v) is 8.62. The maximum Gasteiger partial charge on any atom is 0.251 e. The lowest BCUT2D eigenvalue weighted by molar-refractivity contribution is 0.0694. The summed E-state index contributed by atoms with van der Waals surface area (Å²) in [5, 5.41) is 3.25. The van der Waals surface area contributed by atoms with E-state index in [0.29, 0.717) is 6.04 Å². The lowest BCUT2D eigenvalue weighted by Crippen LogP contribution is -2.52. The van der Waals surface area contributed by atoms with Gasteiger partial charge in [-0.05, 0) is 63.5 Å². The number of hydrogen-bond donors (Lipinski definition) is 1. The first kappa shape index (κ1) is 18.0. The number of carbonyl (C=O) groups excluding carboxylic acids is 1. The maximum absolute atomic E-state index is 12.4. The summed E-state index contributed by atoms with van der Waals surface area (Å²) in [7, 11) is 0. The van der Waals surface area contributed by atoms with Gasteiger partial charge in [-0.2, -0.15) is 0 Å². The predicted molar refractivity (Wildman–Crippen MR) is 105 cm³/mol. The molecule has 0 unspecified atom stereocenters. The summed E-state index contributed by atoms with van der Waals surface area (Å²) in [4.78, 5) is 17.8. The minimum Gasteiger partial charge on any atom is -0.349 e. The van der Waals surface area contributed by atoms with E-state index in [4.69, 9.17) is 0 Å². The Labute approximate surface area is 157 Å². The molecular weight excluding hydrogens is 322 g/mol. The third kappa shape index (κ3) is 4.66. The highest BCUT2D eigenvalue weighted by Crippen LogP contribution is 2.30. The molecule has 1 saturated heterocycles. The Morgan fingerprint density at radius 1 is 0.962 bits per heavy atom. The Kier molecular flexibility index (Phi) is 5.60. The highest BCUT2D eigenvalue weighted by Gasteiger charge is 2.31. The van der Waals surface area contributed by atoms with E-state index in [2.05, 4.69) is 22.0 Å². The summed E-state index contributed by atoms with van der Waals surface area (Å²) in [6.07, 6.45) is 7.59. The standard InChI is InChI=1S/C22H33N3O/c1-17-2-6-19(7-3-17)22(26)23-20-8-10-21(11-9-20)25-14-12-24(13-15-25)16-18-4-5-18/h2-3,6-7,18,20-21H,4-5,8-16H2,1H3,(H,23,26). The van der Waals surface area contributed by atoms with Gasteiger partial charge in [-0.1, -0.05) is 17.7 Å². The van der Waals surface area contributed by atoms with Crippen molar-refractivity contribution in [2.24, 2.45) is 5.92 Å². The fourth-order valence-electron chi connectivity index (χ4n) is 4.54. The van der Waals surface area contributed by atoms with Gasteiger partial charge in [0.2, 0.25) is 0 Å². The average Bonchev–Trinajstić information content (AvgIpc) is 3.48. The molecule has 0 aromatic heterocycles. The van der Waals surface area contributed by atoms with E-state index in [1.54, 1.807) is 0 Å². The molecule has 1 aliphatic heterocycles. The molecule has 1 aromatic rings. The first-order chi connectivity index (χ1) is 12.7. The molecule has 0 radical (unpaired) electrons. The number of rotatable bonds is 5. The van der Waals surface area contributed by atoms with Crippen molar-refractivity contribution in [3.63, 3.8) is 0 Å². The molecular formula is C22H33N3O. The van der Waals surface area contributed by atoms with Crippen LogP contribution in [0, 0.1) is 12.8 Å². The molecule has 4 rings (SSSR count). The molecule has 142 valence electrons. The SMILES string of the molecule is Cc1ccc(C(=O)NC2CCC(N3CCN(CC4CC4)CC3)CC2)cc1. The van der Waals surface area contributed by atoms with Gasteiger partial charge in [0.15, 0.2) is 0 Å². The molecule has 2 saturated carbocycles. The highest BCUT2D eigenvalue weighted by atomic mass is 16.1. The predicted octanol–water partition coefficient (Wildman–Crippen LogP) is 3.06. The monoisotopic (exact) mass is 355 g/mol. The van der Waals surface area contributed by atoms with Crippen LogP contribution in [0.15, 0.2) is 24.3 Å². The number of amides is 1. The van der Waals surface area contributed by atoms with Crippen molar-refractivity contribution in [3.05, 3.63) is 35.4 Å². The number of nitrogens with zero attached hydrogens (tertiary/aromatic N) is 2. The number of piperazine rings is 1. The van der Waals surface area contributed by atoms with Crippen LogP contribution in [0.2, 0.25) is 0 Å². The van der Waals surface area contributed by atoms with Crippen LogP contribution in [-0.4, -0.2) is 60.5 Å². The summed E-state index contributed by atoms with van der Waals surface area (Å²) in [5.74, 6) is 1.09. The van der Waals surface area contributed by atoms with Gasteiger partial charge in [-0.3, -0.25) is 9.69 Å². The van der Waals surface area contributed by atoms with Gasteiger partial charge in [0.1, 0.15) is 0 Å². The van der Waals surface area contributed by atoms with Crippen LogP contribution < -0.4 is 5.32 Å². The van der Waals surface area contributed by atoms with E-state index in [-0.39, 0.29) is 5.91 Å². The average molecular weight is 356 g/mol. The van der Waals surface area contributed by atoms with Crippen LogP contribution in [0.25, 0.3) is 0 Å². The third-order valence-corrected chi connectivity index (χ3v) is 6.48. The van der Waals surface area contributed by atoms with Gasteiger partial charge in [-0.15, -0.1) is 0 Å². The topological polar surface area (TPSA) is 35.6 Å². The molecule has 1 N–H and O–H groups in total. The minimum absolute atomic E-state index is 0.0853. The summed E-state index contributed by atoms with van der Waals surface area (Å²) in [6.45, 7) is 8.36. The fraction of sp³-hybridized carbons (Fsp3) is 0.682. The van der Waals surface area contributed by atoms with Gasteiger partial charge in [0, 0.05) is 50.4 Å². The summed E-state index contributed by atoms with van der Waals surface area (Å²) in [6, 6.07) is 8.94. The van der Waals surface area contributed by atoms with E-state index in [1.165, 1.54) is 64.0 Å². The fourth-order valence-corrected chi connectivity index (χ4v) is 4.54. The van der Waals surface area contributed by atoms with Crippen LogP contribution in [0.3, 0.4) is 0 Å². The quantitative estimate of drug-likeness (QED) is 0.882. The Morgan fingerprint density at radius 2 is 1.62 bits per heavy atom. The zero-order valence-electron chi connectivity index (χ0n) is 16.1. The van der Waals surface area contributed by atoms with E-state index in [0.717, 1.165) is 30.4 Å². The molecule has 1 aromatic carbocycles. The largest absolute Gasteiger partial charge is 0.349 e. The van der Waals surface area contributed by atoms with Gasteiger partial charge < -0.3 is 10.2 Å². The normalized spacial score (nSPS) is 28.0. The number of nitrogens with one attached hydrogen (secondary N) is 1. The van der Waals surface area contributed by atoms with Crippen molar-refractivity contribution < 1.29 is 4.79 Å². The molecule has 0 spiro atoms. The van der Waals surface area contributed by atoms with Crippen LogP contribution in [0.5, 0.6) is 0 Å². The first-order valence-corrected chi connectivity index (χ1v) is 10.5. The van der Waals surface area contributed by atoms with Crippen LogP contribution >= 0.6 is 0 Å². The van der Waals surface area contributed by atoms with Crippen molar-refractivity contribution in [1.82, 2.24) is 15.1 Å². The van der Waals surface area contributed by atoms with Crippen LogP contribution in [-0.2, 0) is 0 Å². The van der Waals surface area contributed by atoms with Crippen molar-refractivity contribution >= 4 is 5.91 Å². The molecule has 4 nitrogen and oxygen atoms in total. The summed E-state index contributed by atoms with van der Waals surface area (Å²) < 4.78 is 0. The van der Waals surface area contributed by atoms with Crippen LogP contribution in [0.1, 0.15) is 54.4 Å². The Balaban J connectivity index is 1.19. The van der Waals surface area contributed by atoms with E-state index < -0.39 is 0 Å². The number of benzene rings is 1. The zero-order valence-corrected chi connectivity index (χ0v) is 16.1. The molecule has 3 aliphatic rings.